The van der Waals surface area contributed by atoms with Gasteiger partial charge in [0.05, 0.1) is 6.54 Å². The van der Waals surface area contributed by atoms with Gasteiger partial charge in [-0.1, -0.05) is 18.2 Å². The fourth-order valence-electron chi connectivity index (χ4n) is 2.01. The summed E-state index contributed by atoms with van der Waals surface area (Å²) in [6.07, 6.45) is 0. The first-order chi connectivity index (χ1) is 12.3. The van der Waals surface area contributed by atoms with Crippen LogP contribution in [0.25, 0.3) is 0 Å². The molecular formula is C17H23N3O6. The third-order valence-corrected chi connectivity index (χ3v) is 3.42. The van der Waals surface area contributed by atoms with E-state index >= 15 is 0 Å². The lowest BCUT2D eigenvalue weighted by Crippen LogP contribution is -2.50. The first-order valence-corrected chi connectivity index (χ1v) is 8.02. The highest BCUT2D eigenvalue weighted by Gasteiger charge is 2.25. The molecule has 0 radical (unpaired) electrons. The van der Waals surface area contributed by atoms with Crippen molar-refractivity contribution in [2.45, 2.75) is 19.9 Å². The highest BCUT2D eigenvalue weighted by Crippen LogP contribution is 2.07. The average Bonchev–Trinajstić information content (AvgIpc) is 2.61. The standard InChI is InChI=1S/C17H23N3O6/c1-12(17(24)25)20(9-8-18-13(2)21)16(23)10-19-15(22)11-26-14-6-4-3-5-7-14/h3-7,12H,8-11H2,1-2H3,(H,18,21)(H,19,22)(H,24,25). The molecule has 0 saturated carbocycles. The number of nitrogens with zero attached hydrogens (tertiary/aromatic N) is 1. The van der Waals surface area contributed by atoms with Crippen LogP contribution in [0.3, 0.4) is 0 Å². The Labute approximate surface area is 151 Å². The van der Waals surface area contributed by atoms with Gasteiger partial charge in [0.2, 0.25) is 11.8 Å². The van der Waals surface area contributed by atoms with E-state index in [1.54, 1.807) is 24.3 Å². The minimum Gasteiger partial charge on any atom is -0.484 e. The predicted molar refractivity (Wildman–Crippen MR) is 92.4 cm³/mol. The van der Waals surface area contributed by atoms with Gasteiger partial charge in [-0.2, -0.15) is 0 Å². The summed E-state index contributed by atoms with van der Waals surface area (Å²) in [6, 6.07) is 7.63. The van der Waals surface area contributed by atoms with Gasteiger partial charge in [-0.15, -0.1) is 0 Å². The molecule has 0 aliphatic carbocycles. The lowest BCUT2D eigenvalue weighted by Gasteiger charge is -2.26. The van der Waals surface area contributed by atoms with Crippen LogP contribution < -0.4 is 15.4 Å². The highest BCUT2D eigenvalue weighted by molar-refractivity contribution is 5.88. The number of amides is 3. The van der Waals surface area contributed by atoms with Gasteiger partial charge in [-0.05, 0) is 19.1 Å². The molecule has 0 aliphatic heterocycles. The zero-order chi connectivity index (χ0) is 19.5. The van der Waals surface area contributed by atoms with Gasteiger partial charge in [0.1, 0.15) is 11.8 Å². The Hall–Kier alpha value is -3.10. The number of rotatable bonds is 10. The maximum Gasteiger partial charge on any atom is 0.326 e. The topological polar surface area (TPSA) is 125 Å². The molecule has 0 bridgehead atoms. The number of benzene rings is 1. The van der Waals surface area contributed by atoms with Crippen LogP contribution in [-0.4, -0.2) is 66.0 Å². The molecule has 1 unspecified atom stereocenters. The molecule has 0 heterocycles. The smallest absolute Gasteiger partial charge is 0.326 e. The maximum absolute atomic E-state index is 12.2. The van der Waals surface area contributed by atoms with E-state index in [0.29, 0.717) is 5.75 Å². The van der Waals surface area contributed by atoms with Gasteiger partial charge in [0.15, 0.2) is 6.61 Å². The number of carboxylic acid groups (broad SMARTS) is 1. The minimum absolute atomic E-state index is 0.0161. The van der Waals surface area contributed by atoms with Crippen molar-refractivity contribution < 1.29 is 29.0 Å². The molecule has 1 aromatic rings. The van der Waals surface area contributed by atoms with Crippen molar-refractivity contribution in [2.24, 2.45) is 0 Å². The van der Waals surface area contributed by atoms with Crippen molar-refractivity contribution in [3.63, 3.8) is 0 Å². The molecule has 1 rings (SSSR count). The van der Waals surface area contributed by atoms with Crippen LogP contribution in [0.4, 0.5) is 0 Å². The number of nitrogens with one attached hydrogen (secondary N) is 2. The molecule has 0 spiro atoms. The molecule has 26 heavy (non-hydrogen) atoms. The summed E-state index contributed by atoms with van der Waals surface area (Å²) in [4.78, 5) is 47.1. The summed E-state index contributed by atoms with van der Waals surface area (Å²) in [6.45, 7) is 2.17. The molecule has 0 aromatic heterocycles. The Balaban J connectivity index is 2.49. The summed E-state index contributed by atoms with van der Waals surface area (Å²) in [5.74, 6) is -2.03. The normalized spacial score (nSPS) is 11.2. The van der Waals surface area contributed by atoms with Crippen molar-refractivity contribution in [3.05, 3.63) is 30.3 Å². The molecule has 9 heteroatoms. The van der Waals surface area contributed by atoms with Gasteiger partial charge in [0, 0.05) is 20.0 Å². The van der Waals surface area contributed by atoms with Crippen molar-refractivity contribution in [3.8, 4) is 5.75 Å². The van der Waals surface area contributed by atoms with Crippen molar-refractivity contribution in [1.82, 2.24) is 15.5 Å². The van der Waals surface area contributed by atoms with Crippen LogP contribution in [0, 0.1) is 0 Å². The second-order valence-electron chi connectivity index (χ2n) is 5.46. The van der Waals surface area contributed by atoms with Crippen molar-refractivity contribution in [2.75, 3.05) is 26.2 Å². The zero-order valence-corrected chi connectivity index (χ0v) is 14.7. The van der Waals surface area contributed by atoms with Gasteiger partial charge < -0.3 is 25.4 Å². The number of hydrogen-bond donors (Lipinski definition) is 3. The number of carbonyl (C=O) groups excluding carboxylic acids is 3. The number of ether oxygens (including phenoxy) is 1. The maximum atomic E-state index is 12.2. The molecular weight excluding hydrogens is 342 g/mol. The van der Waals surface area contributed by atoms with E-state index in [1.165, 1.54) is 13.8 Å². The number of para-hydroxylation sites is 1. The first kappa shape index (κ1) is 20.9. The Kier molecular flexibility index (Phi) is 8.62. The Morgan fingerprint density at radius 2 is 1.81 bits per heavy atom. The SMILES string of the molecule is CC(=O)NCCN(C(=O)CNC(=O)COc1ccccc1)C(C)C(=O)O. The highest BCUT2D eigenvalue weighted by atomic mass is 16.5. The number of carboxylic acids is 1. The summed E-state index contributed by atoms with van der Waals surface area (Å²) < 4.78 is 5.26. The van der Waals surface area contributed by atoms with Gasteiger partial charge >= 0.3 is 5.97 Å². The molecule has 0 aliphatic rings. The molecule has 142 valence electrons. The Bertz CT molecular complexity index is 635. The number of carbonyl (C=O) groups is 4. The lowest BCUT2D eigenvalue weighted by molar-refractivity contribution is -0.149. The average molecular weight is 365 g/mol. The second-order valence-corrected chi connectivity index (χ2v) is 5.46. The minimum atomic E-state index is -1.18. The van der Waals surface area contributed by atoms with Crippen LogP contribution in [0.15, 0.2) is 30.3 Å². The van der Waals surface area contributed by atoms with E-state index in [1.807, 2.05) is 6.07 Å². The zero-order valence-electron chi connectivity index (χ0n) is 14.7. The summed E-state index contributed by atoms with van der Waals surface area (Å²) in [7, 11) is 0. The van der Waals surface area contributed by atoms with Gasteiger partial charge in [-0.25, -0.2) is 4.79 Å². The Morgan fingerprint density at radius 1 is 1.15 bits per heavy atom. The molecule has 3 N–H and O–H groups in total. The number of hydrogen-bond acceptors (Lipinski definition) is 5. The Morgan fingerprint density at radius 3 is 2.38 bits per heavy atom. The number of aliphatic carboxylic acids is 1. The second kappa shape index (κ2) is 10.7. The summed E-state index contributed by atoms with van der Waals surface area (Å²) in [5.41, 5.74) is 0. The quantitative estimate of drug-likeness (QED) is 0.519. The fraction of sp³-hybridized carbons (Fsp3) is 0.412. The molecule has 9 nitrogen and oxygen atoms in total. The molecule has 1 aromatic carbocycles. The van der Waals surface area contributed by atoms with Crippen LogP contribution in [0.5, 0.6) is 5.75 Å². The monoisotopic (exact) mass is 365 g/mol. The fourth-order valence-corrected chi connectivity index (χ4v) is 2.01. The molecule has 1 atom stereocenters. The first-order valence-electron chi connectivity index (χ1n) is 8.02. The van der Waals surface area contributed by atoms with Crippen molar-refractivity contribution >= 4 is 23.7 Å². The van der Waals surface area contributed by atoms with E-state index in [0.717, 1.165) is 4.90 Å². The third kappa shape index (κ3) is 7.65. The van der Waals surface area contributed by atoms with Crippen LogP contribution in [-0.2, 0) is 19.2 Å². The van der Waals surface area contributed by atoms with E-state index < -0.39 is 23.8 Å². The summed E-state index contributed by atoms with van der Waals surface area (Å²) in [5, 5.41) is 14.0. The van der Waals surface area contributed by atoms with Gasteiger partial charge in [0.25, 0.3) is 5.91 Å². The molecule has 3 amide bonds. The lowest BCUT2D eigenvalue weighted by atomic mass is 10.2. The van der Waals surface area contributed by atoms with Crippen LogP contribution in [0.1, 0.15) is 13.8 Å². The van der Waals surface area contributed by atoms with E-state index in [-0.39, 0.29) is 32.1 Å². The molecule has 0 saturated heterocycles. The predicted octanol–water partition coefficient (Wildman–Crippen LogP) is -0.381. The molecule has 0 fully saturated rings. The van der Waals surface area contributed by atoms with Crippen LogP contribution >= 0.6 is 0 Å². The summed E-state index contributed by atoms with van der Waals surface area (Å²) >= 11 is 0. The largest absolute Gasteiger partial charge is 0.484 e. The third-order valence-electron chi connectivity index (χ3n) is 3.42. The van der Waals surface area contributed by atoms with Crippen LogP contribution in [0.2, 0.25) is 0 Å². The van der Waals surface area contributed by atoms with E-state index in [2.05, 4.69) is 10.6 Å². The van der Waals surface area contributed by atoms with E-state index in [9.17, 15) is 19.2 Å². The van der Waals surface area contributed by atoms with Gasteiger partial charge in [-0.3, -0.25) is 14.4 Å². The van der Waals surface area contributed by atoms with Crippen molar-refractivity contribution in [1.29, 1.82) is 0 Å². The van der Waals surface area contributed by atoms with E-state index in [4.69, 9.17) is 9.84 Å².